The number of aliphatic hydroxyl groups is 2. The van der Waals surface area contributed by atoms with Gasteiger partial charge in [-0.1, -0.05) is 0 Å². The first-order valence-corrected chi connectivity index (χ1v) is 9.49. The van der Waals surface area contributed by atoms with Crippen molar-refractivity contribution in [1.82, 2.24) is 9.55 Å². The minimum absolute atomic E-state index is 0.0453. The van der Waals surface area contributed by atoms with Crippen molar-refractivity contribution in [2.45, 2.75) is 24.4 Å². The van der Waals surface area contributed by atoms with E-state index in [1.165, 1.54) is 13.2 Å². The first-order valence-electron chi connectivity index (χ1n) is 6.05. The Bertz CT molecular complexity index is 714. The van der Waals surface area contributed by atoms with E-state index < -0.39 is 48.3 Å². The number of hydrogen-bond acceptors (Lipinski definition) is 7. The lowest BCUT2D eigenvalue weighted by molar-refractivity contribution is -0.0159. The first-order chi connectivity index (χ1) is 10.1. The van der Waals surface area contributed by atoms with Crippen LogP contribution in [0.2, 0.25) is 0 Å². The molecule has 1 aromatic heterocycles. The van der Waals surface area contributed by atoms with E-state index in [1.807, 2.05) is 0 Å². The van der Waals surface area contributed by atoms with Gasteiger partial charge in [0.15, 0.2) is 0 Å². The molecule has 1 saturated heterocycles. The van der Waals surface area contributed by atoms with Crippen LogP contribution in [-0.2, 0) is 20.9 Å². The maximum Gasteiger partial charge on any atom is 0.380 e. The smallest absolute Gasteiger partial charge is 0.380 e. The molecule has 4 atom stereocenters. The molecule has 124 valence electrons. The maximum atomic E-state index is 11.8. The summed E-state index contributed by atoms with van der Waals surface area (Å²) in [5.74, 6) is 0. The fourth-order valence-corrected chi connectivity index (χ4v) is 2.75. The summed E-state index contributed by atoms with van der Waals surface area (Å²) in [6.45, 7) is -0.442. The van der Waals surface area contributed by atoms with Crippen molar-refractivity contribution in [3.8, 4) is 0 Å². The Morgan fingerprint density at radius 1 is 1.41 bits per heavy atom. The molecule has 1 fully saturated rings. The second-order valence-electron chi connectivity index (χ2n) is 4.74. The number of H-pyrrole nitrogens is 1. The lowest BCUT2D eigenvalue weighted by Gasteiger charge is -2.14. The zero-order chi connectivity index (χ0) is 16.7. The molecule has 0 saturated carbocycles. The third-order valence-corrected chi connectivity index (χ3v) is 4.23. The van der Waals surface area contributed by atoms with E-state index in [1.54, 1.807) is 0 Å². The van der Waals surface area contributed by atoms with Gasteiger partial charge in [-0.25, -0.2) is 4.79 Å². The van der Waals surface area contributed by atoms with Crippen LogP contribution in [0.25, 0.3) is 0 Å². The van der Waals surface area contributed by atoms with Crippen molar-refractivity contribution in [2.75, 3.05) is 6.61 Å². The van der Waals surface area contributed by atoms with Gasteiger partial charge >= 0.3 is 11.8 Å². The van der Waals surface area contributed by atoms with E-state index in [-0.39, 0.29) is 5.56 Å². The highest BCUT2D eigenvalue weighted by Gasteiger charge is 2.45. The van der Waals surface area contributed by atoms with Crippen LogP contribution in [0.1, 0.15) is 11.7 Å². The quantitative estimate of drug-likeness (QED) is 0.623. The highest BCUT2D eigenvalue weighted by Crippen LogP contribution is 2.57. The minimum atomic E-state index is -3.82. The van der Waals surface area contributed by atoms with Gasteiger partial charge in [0.25, 0.3) is 5.56 Å². The third-order valence-electron chi connectivity index (χ3n) is 3.19. The average molecular weight is 375 g/mol. The van der Waals surface area contributed by atoms with E-state index >= 15 is 0 Å². The maximum absolute atomic E-state index is 11.8. The molecule has 9 nitrogen and oxygen atoms in total. The standard InChI is InChI=1S/C10H13Cl2N2O7P/c1-14-2-4(9(17)13-10(14)18)8-7(16)6(15)5(21-8)3-20-22(11,12)19/h2,5-8,15-16H,3H2,1H3,(H,13,17,18). The Hall–Kier alpha value is -0.670. The van der Waals surface area contributed by atoms with E-state index in [4.69, 9.17) is 27.2 Å². The van der Waals surface area contributed by atoms with Gasteiger partial charge in [0.1, 0.15) is 24.4 Å². The van der Waals surface area contributed by atoms with Crippen LogP contribution in [-0.4, -0.2) is 44.7 Å². The van der Waals surface area contributed by atoms with Gasteiger partial charge in [0, 0.05) is 13.2 Å². The molecule has 0 aromatic carbocycles. The van der Waals surface area contributed by atoms with Gasteiger partial charge in [0.2, 0.25) is 0 Å². The van der Waals surface area contributed by atoms with Gasteiger partial charge in [-0.2, -0.15) is 0 Å². The van der Waals surface area contributed by atoms with Crippen molar-refractivity contribution in [2.24, 2.45) is 7.05 Å². The van der Waals surface area contributed by atoms with Crippen LogP contribution >= 0.6 is 28.6 Å². The molecule has 22 heavy (non-hydrogen) atoms. The molecule has 1 aromatic rings. The SMILES string of the molecule is Cn1cc(C2OC(COP(=O)(Cl)Cl)C(O)C2O)c(=O)[nH]c1=O. The normalized spacial score (nSPS) is 29.0. The summed E-state index contributed by atoms with van der Waals surface area (Å²) >= 11 is 10.4. The molecule has 0 spiro atoms. The Morgan fingerprint density at radius 2 is 2.05 bits per heavy atom. The minimum Gasteiger partial charge on any atom is -0.387 e. The highest BCUT2D eigenvalue weighted by atomic mass is 35.9. The molecular formula is C10H13Cl2N2O7P. The van der Waals surface area contributed by atoms with Gasteiger partial charge in [-0.15, -0.1) is 0 Å². The number of nitrogens with zero attached hydrogens (tertiary/aromatic N) is 1. The van der Waals surface area contributed by atoms with Crippen molar-refractivity contribution >= 4 is 28.6 Å². The molecule has 2 heterocycles. The van der Waals surface area contributed by atoms with Gasteiger partial charge in [0.05, 0.1) is 12.2 Å². The largest absolute Gasteiger partial charge is 0.387 e. The van der Waals surface area contributed by atoms with Crippen molar-refractivity contribution in [3.05, 3.63) is 32.6 Å². The van der Waals surface area contributed by atoms with E-state index in [0.29, 0.717) is 0 Å². The fourth-order valence-electron chi connectivity index (χ4n) is 2.09. The number of aliphatic hydroxyl groups excluding tert-OH is 2. The van der Waals surface area contributed by atoms with Crippen LogP contribution in [0, 0.1) is 0 Å². The molecular weight excluding hydrogens is 362 g/mol. The molecule has 1 aliphatic rings. The number of aryl methyl sites for hydroxylation is 1. The first kappa shape index (κ1) is 17.7. The fraction of sp³-hybridized carbons (Fsp3) is 0.600. The van der Waals surface area contributed by atoms with Crippen LogP contribution in [0.15, 0.2) is 15.8 Å². The zero-order valence-corrected chi connectivity index (χ0v) is 13.6. The molecule has 0 bridgehead atoms. The second-order valence-corrected chi connectivity index (χ2v) is 9.02. The average Bonchev–Trinajstić information content (AvgIpc) is 2.68. The molecule has 4 unspecified atom stereocenters. The number of aromatic nitrogens is 2. The van der Waals surface area contributed by atoms with Crippen LogP contribution in [0.4, 0.5) is 0 Å². The predicted octanol–water partition coefficient (Wildman–Crippen LogP) is -0.162. The van der Waals surface area contributed by atoms with Crippen molar-refractivity contribution < 1.29 is 24.0 Å². The van der Waals surface area contributed by atoms with Crippen molar-refractivity contribution in [3.63, 3.8) is 0 Å². The molecule has 0 radical (unpaired) electrons. The summed E-state index contributed by atoms with van der Waals surface area (Å²) in [5.41, 5.74) is -1.43. The lowest BCUT2D eigenvalue weighted by atomic mass is 10.0. The van der Waals surface area contributed by atoms with Crippen LogP contribution in [0.3, 0.4) is 0 Å². The summed E-state index contributed by atoms with van der Waals surface area (Å²) in [6.07, 6.45) is -7.78. The van der Waals surface area contributed by atoms with E-state index in [0.717, 1.165) is 4.57 Å². The number of ether oxygens (including phenoxy) is 1. The van der Waals surface area contributed by atoms with E-state index in [2.05, 4.69) is 9.51 Å². The Kier molecular flexibility index (Phi) is 5.18. The summed E-state index contributed by atoms with van der Waals surface area (Å²) < 4.78 is 22.1. The number of halogens is 2. The van der Waals surface area contributed by atoms with Crippen molar-refractivity contribution in [1.29, 1.82) is 0 Å². The Morgan fingerprint density at radius 3 is 2.64 bits per heavy atom. The number of aromatic amines is 1. The Labute approximate surface area is 133 Å². The predicted molar refractivity (Wildman–Crippen MR) is 77.2 cm³/mol. The number of nitrogens with one attached hydrogen (secondary N) is 1. The van der Waals surface area contributed by atoms with Crippen LogP contribution in [0.5, 0.6) is 0 Å². The molecule has 12 heteroatoms. The zero-order valence-electron chi connectivity index (χ0n) is 11.2. The Balaban J connectivity index is 2.23. The molecule has 0 aliphatic carbocycles. The van der Waals surface area contributed by atoms with Gasteiger partial charge in [-0.3, -0.25) is 14.3 Å². The molecule has 1 aliphatic heterocycles. The summed E-state index contributed by atoms with van der Waals surface area (Å²) in [7, 11) is 1.40. The van der Waals surface area contributed by atoms with Gasteiger partial charge < -0.3 is 24.0 Å². The summed E-state index contributed by atoms with van der Waals surface area (Å²) in [4.78, 5) is 25.2. The van der Waals surface area contributed by atoms with Gasteiger partial charge in [-0.05, 0) is 22.5 Å². The number of rotatable bonds is 4. The summed E-state index contributed by atoms with van der Waals surface area (Å²) in [6, 6.07) is 0. The highest BCUT2D eigenvalue weighted by molar-refractivity contribution is 8.05. The topological polar surface area (TPSA) is 131 Å². The number of hydrogen-bond donors (Lipinski definition) is 3. The van der Waals surface area contributed by atoms with E-state index in [9.17, 15) is 24.4 Å². The molecule has 0 amide bonds. The monoisotopic (exact) mass is 374 g/mol. The second kappa shape index (κ2) is 6.45. The van der Waals surface area contributed by atoms with Crippen LogP contribution < -0.4 is 11.2 Å². The summed E-state index contributed by atoms with van der Waals surface area (Å²) in [5, 5.41) is 19.9. The molecule has 3 N–H and O–H groups in total. The third kappa shape index (κ3) is 3.80. The lowest BCUT2D eigenvalue weighted by Crippen LogP contribution is -2.35. The molecule has 2 rings (SSSR count).